The van der Waals surface area contributed by atoms with Crippen molar-refractivity contribution < 1.29 is 8.42 Å². The Morgan fingerprint density at radius 2 is 1.70 bits per heavy atom. The molecule has 0 radical (unpaired) electrons. The molecule has 0 aliphatic heterocycles. The Labute approximate surface area is 119 Å². The molecule has 0 bridgehead atoms. The van der Waals surface area contributed by atoms with Gasteiger partial charge in [0.25, 0.3) is 10.0 Å². The van der Waals surface area contributed by atoms with Crippen molar-refractivity contribution in [1.82, 2.24) is 0 Å². The molecule has 5 heteroatoms. The SMILES string of the molecule is CC(N)c1cccc(S(=O)(=O)N(C)c2ccccc2)c1. The fourth-order valence-corrected chi connectivity index (χ4v) is 3.14. The van der Waals surface area contributed by atoms with Crippen molar-refractivity contribution in [1.29, 1.82) is 0 Å². The first-order valence-corrected chi connectivity index (χ1v) is 7.76. The van der Waals surface area contributed by atoms with E-state index in [4.69, 9.17) is 5.73 Å². The standard InChI is InChI=1S/C15H18N2O2S/c1-12(16)13-7-6-10-15(11-13)20(18,19)17(2)14-8-4-3-5-9-14/h3-12H,16H2,1-2H3. The maximum absolute atomic E-state index is 12.6. The van der Waals surface area contributed by atoms with Gasteiger partial charge in [-0.1, -0.05) is 30.3 Å². The molecule has 0 fully saturated rings. The maximum atomic E-state index is 12.6. The molecule has 2 N–H and O–H groups in total. The number of hydrogen-bond acceptors (Lipinski definition) is 3. The van der Waals surface area contributed by atoms with Crippen molar-refractivity contribution in [2.75, 3.05) is 11.4 Å². The molecule has 0 heterocycles. The van der Waals surface area contributed by atoms with E-state index in [0.29, 0.717) is 5.69 Å². The molecule has 0 aromatic heterocycles. The highest BCUT2D eigenvalue weighted by Crippen LogP contribution is 2.23. The minimum absolute atomic E-state index is 0.202. The average Bonchev–Trinajstić information content (AvgIpc) is 2.47. The van der Waals surface area contributed by atoms with Crippen molar-refractivity contribution in [3.05, 3.63) is 60.2 Å². The van der Waals surface area contributed by atoms with Crippen molar-refractivity contribution in [2.45, 2.75) is 17.9 Å². The number of benzene rings is 2. The van der Waals surface area contributed by atoms with Crippen LogP contribution >= 0.6 is 0 Å². The minimum atomic E-state index is -3.57. The van der Waals surface area contributed by atoms with Gasteiger partial charge >= 0.3 is 0 Å². The summed E-state index contributed by atoms with van der Waals surface area (Å²) in [6, 6.07) is 15.5. The van der Waals surface area contributed by atoms with Gasteiger partial charge in [0.05, 0.1) is 10.6 Å². The highest BCUT2D eigenvalue weighted by atomic mass is 32.2. The highest BCUT2D eigenvalue weighted by molar-refractivity contribution is 7.92. The number of para-hydroxylation sites is 1. The Hall–Kier alpha value is -1.85. The van der Waals surface area contributed by atoms with Crippen LogP contribution in [0.25, 0.3) is 0 Å². The quantitative estimate of drug-likeness (QED) is 0.941. The van der Waals surface area contributed by atoms with Crippen LogP contribution in [0.15, 0.2) is 59.5 Å². The number of hydrogen-bond donors (Lipinski definition) is 1. The molecular weight excluding hydrogens is 272 g/mol. The lowest BCUT2D eigenvalue weighted by Crippen LogP contribution is -2.26. The average molecular weight is 290 g/mol. The van der Waals surface area contributed by atoms with Gasteiger partial charge in [-0.2, -0.15) is 0 Å². The molecule has 2 rings (SSSR count). The van der Waals surface area contributed by atoms with Crippen LogP contribution < -0.4 is 10.0 Å². The van der Waals surface area contributed by atoms with Crippen molar-refractivity contribution in [3.63, 3.8) is 0 Å². The number of nitrogens with zero attached hydrogens (tertiary/aromatic N) is 1. The Kier molecular flexibility index (Phi) is 4.11. The first-order valence-electron chi connectivity index (χ1n) is 6.32. The highest BCUT2D eigenvalue weighted by Gasteiger charge is 2.21. The molecule has 4 nitrogen and oxygen atoms in total. The fraction of sp³-hybridized carbons (Fsp3) is 0.200. The van der Waals surface area contributed by atoms with Gasteiger partial charge in [0, 0.05) is 13.1 Å². The van der Waals surface area contributed by atoms with Gasteiger partial charge in [0.15, 0.2) is 0 Å². The van der Waals surface area contributed by atoms with E-state index in [9.17, 15) is 8.42 Å². The minimum Gasteiger partial charge on any atom is -0.324 e. The molecule has 1 atom stereocenters. The molecule has 0 spiro atoms. The van der Waals surface area contributed by atoms with E-state index >= 15 is 0 Å². The van der Waals surface area contributed by atoms with E-state index < -0.39 is 10.0 Å². The zero-order valence-electron chi connectivity index (χ0n) is 11.5. The Balaban J connectivity index is 2.43. The lowest BCUT2D eigenvalue weighted by atomic mass is 10.1. The number of rotatable bonds is 4. The van der Waals surface area contributed by atoms with Gasteiger partial charge in [-0.15, -0.1) is 0 Å². The zero-order chi connectivity index (χ0) is 14.8. The topological polar surface area (TPSA) is 63.4 Å². The van der Waals surface area contributed by atoms with Gasteiger partial charge in [0.1, 0.15) is 0 Å². The third-order valence-corrected chi connectivity index (χ3v) is 4.94. The summed E-state index contributed by atoms with van der Waals surface area (Å²) in [5.74, 6) is 0. The van der Waals surface area contributed by atoms with Crippen molar-refractivity contribution in [2.24, 2.45) is 5.73 Å². The first kappa shape index (κ1) is 14.6. The van der Waals surface area contributed by atoms with Crippen LogP contribution in [0, 0.1) is 0 Å². The molecule has 0 aliphatic carbocycles. The van der Waals surface area contributed by atoms with E-state index in [1.807, 2.05) is 19.1 Å². The van der Waals surface area contributed by atoms with Crippen molar-refractivity contribution in [3.8, 4) is 0 Å². The third-order valence-electron chi connectivity index (χ3n) is 3.16. The predicted octanol–water partition coefficient (Wildman–Crippen LogP) is 2.53. The second-order valence-electron chi connectivity index (χ2n) is 4.67. The lowest BCUT2D eigenvalue weighted by molar-refractivity contribution is 0.594. The Morgan fingerprint density at radius 1 is 1.05 bits per heavy atom. The van der Waals surface area contributed by atoms with Crippen LogP contribution in [0.2, 0.25) is 0 Å². The second-order valence-corrected chi connectivity index (χ2v) is 6.64. The largest absolute Gasteiger partial charge is 0.324 e. The molecule has 106 valence electrons. The molecule has 1 unspecified atom stereocenters. The normalized spacial score (nSPS) is 12.9. The molecular formula is C15H18N2O2S. The summed E-state index contributed by atoms with van der Waals surface area (Å²) < 4.78 is 26.5. The molecule has 0 saturated carbocycles. The van der Waals surface area contributed by atoms with Gasteiger partial charge in [-0.05, 0) is 36.8 Å². The molecule has 0 amide bonds. The van der Waals surface area contributed by atoms with Crippen LogP contribution in [0.3, 0.4) is 0 Å². The summed E-state index contributed by atoms with van der Waals surface area (Å²) in [5, 5.41) is 0. The Bertz CT molecular complexity index is 682. The number of nitrogens with two attached hydrogens (primary N) is 1. The summed E-state index contributed by atoms with van der Waals surface area (Å²) in [7, 11) is -2.03. The van der Waals surface area contributed by atoms with Crippen LogP contribution in [0.4, 0.5) is 5.69 Å². The van der Waals surface area contributed by atoms with Crippen LogP contribution in [0.5, 0.6) is 0 Å². The summed E-state index contributed by atoms with van der Waals surface area (Å²) >= 11 is 0. The molecule has 2 aromatic carbocycles. The third kappa shape index (κ3) is 2.84. The molecule has 2 aromatic rings. The van der Waals surface area contributed by atoms with E-state index in [1.165, 1.54) is 4.31 Å². The molecule has 20 heavy (non-hydrogen) atoms. The van der Waals surface area contributed by atoms with Crippen LogP contribution in [0.1, 0.15) is 18.5 Å². The predicted molar refractivity (Wildman–Crippen MR) is 81.1 cm³/mol. The van der Waals surface area contributed by atoms with Gasteiger partial charge in [-0.3, -0.25) is 4.31 Å². The van der Waals surface area contributed by atoms with E-state index in [2.05, 4.69) is 0 Å². The van der Waals surface area contributed by atoms with Gasteiger partial charge < -0.3 is 5.73 Å². The summed E-state index contributed by atoms with van der Waals surface area (Å²) in [6.45, 7) is 1.83. The smallest absolute Gasteiger partial charge is 0.264 e. The maximum Gasteiger partial charge on any atom is 0.264 e. The lowest BCUT2D eigenvalue weighted by Gasteiger charge is -2.20. The van der Waals surface area contributed by atoms with E-state index in [1.54, 1.807) is 49.5 Å². The molecule has 0 saturated heterocycles. The summed E-state index contributed by atoms with van der Waals surface area (Å²) in [5.41, 5.74) is 7.23. The van der Waals surface area contributed by atoms with Crippen LogP contribution in [-0.2, 0) is 10.0 Å². The van der Waals surface area contributed by atoms with Crippen molar-refractivity contribution >= 4 is 15.7 Å². The van der Waals surface area contributed by atoms with E-state index in [-0.39, 0.29) is 10.9 Å². The monoisotopic (exact) mass is 290 g/mol. The second kappa shape index (κ2) is 5.64. The first-order chi connectivity index (χ1) is 9.43. The van der Waals surface area contributed by atoms with Crippen LogP contribution in [-0.4, -0.2) is 15.5 Å². The number of anilines is 1. The Morgan fingerprint density at radius 3 is 2.30 bits per heavy atom. The van der Waals surface area contributed by atoms with Gasteiger partial charge in [-0.25, -0.2) is 8.42 Å². The summed E-state index contributed by atoms with van der Waals surface area (Å²) in [6.07, 6.45) is 0. The van der Waals surface area contributed by atoms with E-state index in [0.717, 1.165) is 5.56 Å². The zero-order valence-corrected chi connectivity index (χ0v) is 12.3. The molecule has 0 aliphatic rings. The summed E-state index contributed by atoms with van der Waals surface area (Å²) in [4.78, 5) is 0.249. The fourth-order valence-electron chi connectivity index (χ4n) is 1.89. The van der Waals surface area contributed by atoms with Gasteiger partial charge in [0.2, 0.25) is 0 Å². The number of sulfonamides is 1.